The largest absolute Gasteiger partial charge is 0.327 e. The molecular formula is C15H21ClFN. The van der Waals surface area contributed by atoms with Crippen LogP contribution < -0.4 is 5.73 Å². The normalized spacial score (nSPS) is 18.2. The molecule has 100 valence electrons. The molecule has 1 fully saturated rings. The SMILES string of the molecule is NC(CCC1CCCC1)Cc1cc(F)ccc1Cl. The van der Waals surface area contributed by atoms with Gasteiger partial charge < -0.3 is 5.73 Å². The van der Waals surface area contributed by atoms with Crippen molar-refractivity contribution in [2.75, 3.05) is 0 Å². The summed E-state index contributed by atoms with van der Waals surface area (Å²) < 4.78 is 13.1. The van der Waals surface area contributed by atoms with E-state index in [4.69, 9.17) is 17.3 Å². The van der Waals surface area contributed by atoms with Crippen LogP contribution in [0.4, 0.5) is 4.39 Å². The predicted octanol–water partition coefficient (Wildman–Crippen LogP) is 4.32. The molecule has 2 rings (SSSR count). The fraction of sp³-hybridized carbons (Fsp3) is 0.600. The highest BCUT2D eigenvalue weighted by atomic mass is 35.5. The van der Waals surface area contributed by atoms with Crippen molar-refractivity contribution >= 4 is 11.6 Å². The summed E-state index contributed by atoms with van der Waals surface area (Å²) in [7, 11) is 0. The van der Waals surface area contributed by atoms with Gasteiger partial charge in [0.25, 0.3) is 0 Å². The molecule has 0 aliphatic heterocycles. The maximum Gasteiger partial charge on any atom is 0.123 e. The van der Waals surface area contributed by atoms with Gasteiger partial charge in [-0.05, 0) is 48.9 Å². The molecule has 1 nitrogen and oxygen atoms in total. The van der Waals surface area contributed by atoms with E-state index in [1.165, 1.54) is 44.2 Å². The van der Waals surface area contributed by atoms with Crippen LogP contribution in [0.15, 0.2) is 18.2 Å². The van der Waals surface area contributed by atoms with Crippen LogP contribution in [-0.2, 0) is 6.42 Å². The monoisotopic (exact) mass is 269 g/mol. The average molecular weight is 270 g/mol. The highest BCUT2D eigenvalue weighted by Crippen LogP contribution is 2.29. The van der Waals surface area contributed by atoms with Gasteiger partial charge in [-0.25, -0.2) is 4.39 Å². The van der Waals surface area contributed by atoms with Gasteiger partial charge in [0.15, 0.2) is 0 Å². The summed E-state index contributed by atoms with van der Waals surface area (Å²) in [4.78, 5) is 0. The molecule has 1 saturated carbocycles. The molecular weight excluding hydrogens is 249 g/mol. The first-order valence-electron chi connectivity index (χ1n) is 6.84. The first kappa shape index (κ1) is 13.8. The second-order valence-electron chi connectivity index (χ2n) is 5.43. The Morgan fingerprint density at radius 2 is 2.06 bits per heavy atom. The lowest BCUT2D eigenvalue weighted by molar-refractivity contribution is 0.447. The van der Waals surface area contributed by atoms with Crippen molar-refractivity contribution in [2.24, 2.45) is 11.7 Å². The van der Waals surface area contributed by atoms with E-state index in [0.717, 1.165) is 17.9 Å². The van der Waals surface area contributed by atoms with Crippen LogP contribution in [-0.4, -0.2) is 6.04 Å². The van der Waals surface area contributed by atoms with Gasteiger partial charge in [-0.3, -0.25) is 0 Å². The fourth-order valence-corrected chi connectivity index (χ4v) is 3.03. The molecule has 0 radical (unpaired) electrons. The van der Waals surface area contributed by atoms with Gasteiger partial charge in [0.1, 0.15) is 5.82 Å². The highest BCUT2D eigenvalue weighted by molar-refractivity contribution is 6.31. The molecule has 0 aromatic heterocycles. The third kappa shape index (κ3) is 3.96. The summed E-state index contributed by atoms with van der Waals surface area (Å²) in [6.07, 6.45) is 8.33. The van der Waals surface area contributed by atoms with Crippen molar-refractivity contribution in [3.63, 3.8) is 0 Å². The topological polar surface area (TPSA) is 26.0 Å². The van der Waals surface area contributed by atoms with Crippen molar-refractivity contribution in [2.45, 2.75) is 51.0 Å². The highest BCUT2D eigenvalue weighted by Gasteiger charge is 2.16. The molecule has 0 saturated heterocycles. The molecule has 0 heterocycles. The van der Waals surface area contributed by atoms with Gasteiger partial charge >= 0.3 is 0 Å². The zero-order valence-corrected chi connectivity index (χ0v) is 11.4. The number of halogens is 2. The van der Waals surface area contributed by atoms with Crippen LogP contribution in [0.1, 0.15) is 44.1 Å². The molecule has 1 aromatic carbocycles. The number of hydrogen-bond donors (Lipinski definition) is 1. The van der Waals surface area contributed by atoms with Gasteiger partial charge in [0.2, 0.25) is 0 Å². The maximum absolute atomic E-state index is 13.1. The van der Waals surface area contributed by atoms with E-state index in [-0.39, 0.29) is 11.9 Å². The van der Waals surface area contributed by atoms with Gasteiger partial charge in [0.05, 0.1) is 0 Å². The average Bonchev–Trinajstić information content (AvgIpc) is 2.84. The minimum Gasteiger partial charge on any atom is -0.327 e. The Balaban J connectivity index is 1.82. The molecule has 0 amide bonds. The standard InChI is InChI=1S/C15H21ClFN/c16-15-8-6-13(17)9-12(15)10-14(18)7-5-11-3-1-2-4-11/h6,8-9,11,14H,1-5,7,10,18H2. The second kappa shape index (κ2) is 6.53. The molecule has 1 aliphatic carbocycles. The third-order valence-corrected chi connectivity index (χ3v) is 4.28. The molecule has 1 aromatic rings. The Labute approximate surface area is 114 Å². The molecule has 1 unspecified atom stereocenters. The van der Waals surface area contributed by atoms with Gasteiger partial charge in [0, 0.05) is 11.1 Å². The van der Waals surface area contributed by atoms with E-state index in [9.17, 15) is 4.39 Å². The van der Waals surface area contributed by atoms with Crippen LogP contribution in [0.5, 0.6) is 0 Å². The van der Waals surface area contributed by atoms with Crippen molar-refractivity contribution in [1.29, 1.82) is 0 Å². The first-order chi connectivity index (χ1) is 8.65. The zero-order valence-electron chi connectivity index (χ0n) is 10.7. The van der Waals surface area contributed by atoms with Crippen molar-refractivity contribution < 1.29 is 4.39 Å². The zero-order chi connectivity index (χ0) is 13.0. The fourth-order valence-electron chi connectivity index (χ4n) is 2.83. The van der Waals surface area contributed by atoms with Crippen LogP contribution >= 0.6 is 11.6 Å². The predicted molar refractivity (Wildman–Crippen MR) is 74.3 cm³/mol. The smallest absolute Gasteiger partial charge is 0.123 e. The Morgan fingerprint density at radius 3 is 2.78 bits per heavy atom. The van der Waals surface area contributed by atoms with E-state index in [0.29, 0.717) is 11.4 Å². The second-order valence-corrected chi connectivity index (χ2v) is 5.83. The number of rotatable bonds is 5. The van der Waals surface area contributed by atoms with Gasteiger partial charge in [-0.15, -0.1) is 0 Å². The summed E-state index contributed by atoms with van der Waals surface area (Å²) in [6, 6.07) is 4.58. The van der Waals surface area contributed by atoms with Gasteiger partial charge in [-0.1, -0.05) is 37.3 Å². The number of benzene rings is 1. The molecule has 2 N–H and O–H groups in total. The number of hydrogen-bond acceptors (Lipinski definition) is 1. The molecule has 18 heavy (non-hydrogen) atoms. The van der Waals surface area contributed by atoms with Crippen molar-refractivity contribution in [3.05, 3.63) is 34.6 Å². The lowest BCUT2D eigenvalue weighted by Gasteiger charge is -2.15. The molecule has 1 atom stereocenters. The molecule has 0 bridgehead atoms. The molecule has 3 heteroatoms. The minimum atomic E-state index is -0.239. The van der Waals surface area contributed by atoms with E-state index >= 15 is 0 Å². The van der Waals surface area contributed by atoms with E-state index in [1.807, 2.05) is 0 Å². The lowest BCUT2D eigenvalue weighted by Crippen LogP contribution is -2.23. The molecule has 0 spiro atoms. The van der Waals surface area contributed by atoms with Crippen molar-refractivity contribution in [3.8, 4) is 0 Å². The van der Waals surface area contributed by atoms with E-state index in [2.05, 4.69) is 0 Å². The van der Waals surface area contributed by atoms with E-state index in [1.54, 1.807) is 6.07 Å². The Hall–Kier alpha value is -0.600. The van der Waals surface area contributed by atoms with Crippen molar-refractivity contribution in [1.82, 2.24) is 0 Å². The minimum absolute atomic E-state index is 0.0879. The van der Waals surface area contributed by atoms with Crippen LogP contribution in [0.25, 0.3) is 0 Å². The van der Waals surface area contributed by atoms with Crippen LogP contribution in [0.3, 0.4) is 0 Å². The van der Waals surface area contributed by atoms with Crippen LogP contribution in [0.2, 0.25) is 5.02 Å². The summed E-state index contributed by atoms with van der Waals surface area (Å²) in [5.74, 6) is 0.622. The first-order valence-corrected chi connectivity index (χ1v) is 7.22. The summed E-state index contributed by atoms with van der Waals surface area (Å²) >= 11 is 6.05. The maximum atomic E-state index is 13.1. The summed E-state index contributed by atoms with van der Waals surface area (Å²) in [6.45, 7) is 0. The van der Waals surface area contributed by atoms with Crippen LogP contribution in [0, 0.1) is 11.7 Å². The Bertz CT molecular complexity index is 388. The summed E-state index contributed by atoms with van der Waals surface area (Å²) in [5, 5.41) is 0.618. The quantitative estimate of drug-likeness (QED) is 0.846. The molecule has 1 aliphatic rings. The lowest BCUT2D eigenvalue weighted by atomic mass is 9.95. The van der Waals surface area contributed by atoms with E-state index < -0.39 is 0 Å². The summed E-state index contributed by atoms with van der Waals surface area (Å²) in [5.41, 5.74) is 6.95. The Morgan fingerprint density at radius 1 is 1.33 bits per heavy atom. The Kier molecular flexibility index (Phi) is 5.02. The third-order valence-electron chi connectivity index (χ3n) is 3.91. The number of nitrogens with two attached hydrogens (primary N) is 1. The van der Waals surface area contributed by atoms with Gasteiger partial charge in [-0.2, -0.15) is 0 Å².